The Morgan fingerprint density at radius 1 is 0.800 bits per heavy atom. The molecule has 0 bridgehead atoms. The fraction of sp³-hybridized carbons (Fsp3) is 0.235. The lowest BCUT2D eigenvalue weighted by Crippen LogP contribution is -2.56. The third-order valence-electron chi connectivity index (χ3n) is 6.85. The lowest BCUT2D eigenvalue weighted by molar-refractivity contribution is -0.140. The number of halogens is 3. The number of amides is 2. The van der Waals surface area contributed by atoms with Crippen LogP contribution in [0.15, 0.2) is 108 Å². The van der Waals surface area contributed by atoms with E-state index < -0.39 is 40.0 Å². The third-order valence-corrected chi connectivity index (χ3v) is 9.48. The number of carbonyl (C=O) groups excluding carboxylic acids is 2. The summed E-state index contributed by atoms with van der Waals surface area (Å²) in [5, 5.41) is 4.12. The number of carbonyl (C=O) groups is 2. The van der Waals surface area contributed by atoms with Crippen LogP contribution in [0.1, 0.15) is 31.9 Å². The second-order valence-electron chi connectivity index (χ2n) is 11.5. The van der Waals surface area contributed by atoms with Crippen LogP contribution in [0.2, 0.25) is 15.1 Å². The second-order valence-corrected chi connectivity index (χ2v) is 14.6. The summed E-state index contributed by atoms with van der Waals surface area (Å²) in [6.07, 6.45) is 0.173. The second kappa shape index (κ2) is 14.7. The number of rotatable bonds is 11. The topological polar surface area (TPSA) is 86.8 Å². The van der Waals surface area contributed by atoms with Crippen molar-refractivity contribution in [1.82, 2.24) is 10.2 Å². The first-order valence-corrected chi connectivity index (χ1v) is 16.7. The zero-order chi connectivity index (χ0) is 32.8. The molecule has 0 aliphatic heterocycles. The summed E-state index contributed by atoms with van der Waals surface area (Å²) < 4.78 is 29.1. The van der Waals surface area contributed by atoms with Gasteiger partial charge in [0.05, 0.1) is 10.6 Å². The number of anilines is 1. The van der Waals surface area contributed by atoms with E-state index in [2.05, 4.69) is 5.32 Å². The minimum Gasteiger partial charge on any atom is -0.350 e. The van der Waals surface area contributed by atoms with Crippen molar-refractivity contribution in [3.63, 3.8) is 0 Å². The molecule has 0 aliphatic rings. The minimum absolute atomic E-state index is 0.00589. The van der Waals surface area contributed by atoms with E-state index >= 15 is 0 Å². The van der Waals surface area contributed by atoms with Crippen LogP contribution in [0.5, 0.6) is 0 Å². The molecule has 11 heteroatoms. The molecule has 0 spiro atoms. The maximum absolute atomic E-state index is 14.5. The highest BCUT2D eigenvalue weighted by molar-refractivity contribution is 7.92. The molecule has 236 valence electrons. The first kappa shape index (κ1) is 34.3. The van der Waals surface area contributed by atoms with Gasteiger partial charge in [-0.3, -0.25) is 13.9 Å². The summed E-state index contributed by atoms with van der Waals surface area (Å²) >= 11 is 18.8. The van der Waals surface area contributed by atoms with Crippen LogP contribution in [-0.4, -0.2) is 43.3 Å². The quantitative estimate of drug-likeness (QED) is 0.178. The van der Waals surface area contributed by atoms with Crippen molar-refractivity contribution in [3.8, 4) is 0 Å². The summed E-state index contributed by atoms with van der Waals surface area (Å²) in [7, 11) is -4.22. The molecule has 0 radical (unpaired) electrons. The Hall–Kier alpha value is -3.56. The summed E-state index contributed by atoms with van der Waals surface area (Å²) in [6, 6.07) is 27.2. The van der Waals surface area contributed by atoms with Crippen molar-refractivity contribution in [2.45, 2.75) is 50.2 Å². The van der Waals surface area contributed by atoms with Gasteiger partial charge in [-0.1, -0.05) is 89.4 Å². The molecule has 4 rings (SSSR count). The van der Waals surface area contributed by atoms with Gasteiger partial charge >= 0.3 is 0 Å². The summed E-state index contributed by atoms with van der Waals surface area (Å²) in [6.45, 7) is 4.87. The van der Waals surface area contributed by atoms with Crippen LogP contribution in [0, 0.1) is 0 Å². The van der Waals surface area contributed by atoms with E-state index in [1.54, 1.807) is 48.5 Å². The van der Waals surface area contributed by atoms with E-state index in [9.17, 15) is 18.0 Å². The molecule has 7 nitrogen and oxygen atoms in total. The van der Waals surface area contributed by atoms with Crippen molar-refractivity contribution >= 4 is 62.3 Å². The highest BCUT2D eigenvalue weighted by Crippen LogP contribution is 2.28. The number of hydrogen-bond donors (Lipinski definition) is 1. The van der Waals surface area contributed by atoms with Gasteiger partial charge in [0.25, 0.3) is 10.0 Å². The smallest absolute Gasteiger partial charge is 0.264 e. The maximum Gasteiger partial charge on any atom is 0.264 e. The maximum atomic E-state index is 14.5. The molecule has 0 fully saturated rings. The standard InChI is InChI=1S/C34H34Cl3N3O4S/c1-34(2,3)38-33(42)31(20-24-10-6-4-7-11-24)39(22-25-14-15-27(36)21-30(25)37)32(41)23-40(28-18-16-26(35)17-19-28)45(43,44)29-12-8-5-9-13-29/h4-19,21,31H,20,22-23H2,1-3H3,(H,38,42)/t31-/m0/s1. The largest absolute Gasteiger partial charge is 0.350 e. The van der Waals surface area contributed by atoms with Crippen LogP contribution in [0.4, 0.5) is 5.69 Å². The summed E-state index contributed by atoms with van der Waals surface area (Å²) in [5.74, 6) is -1.01. The fourth-order valence-electron chi connectivity index (χ4n) is 4.70. The number of nitrogens with zero attached hydrogens (tertiary/aromatic N) is 2. The Kier molecular flexibility index (Phi) is 11.2. The van der Waals surface area contributed by atoms with Crippen molar-refractivity contribution in [1.29, 1.82) is 0 Å². The van der Waals surface area contributed by atoms with Crippen molar-refractivity contribution in [3.05, 3.63) is 129 Å². The van der Waals surface area contributed by atoms with Crippen LogP contribution >= 0.6 is 34.8 Å². The highest BCUT2D eigenvalue weighted by Gasteiger charge is 2.36. The average Bonchev–Trinajstić information content (AvgIpc) is 2.99. The van der Waals surface area contributed by atoms with Gasteiger partial charge in [-0.25, -0.2) is 8.42 Å². The van der Waals surface area contributed by atoms with Crippen LogP contribution in [-0.2, 0) is 32.6 Å². The molecule has 45 heavy (non-hydrogen) atoms. The molecule has 1 atom stereocenters. The van der Waals surface area contributed by atoms with Crippen LogP contribution in [0.25, 0.3) is 0 Å². The van der Waals surface area contributed by atoms with Crippen molar-refractivity contribution in [2.75, 3.05) is 10.8 Å². The molecule has 0 aliphatic carbocycles. The van der Waals surface area contributed by atoms with E-state index in [0.717, 1.165) is 9.87 Å². The molecule has 0 heterocycles. The van der Waals surface area contributed by atoms with Gasteiger partial charge in [0.2, 0.25) is 11.8 Å². The fourth-order valence-corrected chi connectivity index (χ4v) is 6.73. The average molecular weight is 687 g/mol. The molecule has 4 aromatic carbocycles. The van der Waals surface area contributed by atoms with E-state index in [4.69, 9.17) is 34.8 Å². The monoisotopic (exact) mass is 685 g/mol. The van der Waals surface area contributed by atoms with Gasteiger partial charge in [-0.2, -0.15) is 0 Å². The molecule has 0 saturated carbocycles. The van der Waals surface area contributed by atoms with E-state index in [1.165, 1.54) is 29.2 Å². The summed E-state index contributed by atoms with van der Waals surface area (Å²) in [4.78, 5) is 29.8. The Morgan fingerprint density at radius 2 is 1.38 bits per heavy atom. The Balaban J connectivity index is 1.83. The lowest BCUT2D eigenvalue weighted by Gasteiger charge is -2.35. The predicted octanol–water partition coefficient (Wildman–Crippen LogP) is 7.40. The Morgan fingerprint density at radius 3 is 1.96 bits per heavy atom. The first-order valence-electron chi connectivity index (χ1n) is 14.2. The molecule has 0 unspecified atom stereocenters. The molecule has 0 saturated heterocycles. The van der Waals surface area contributed by atoms with Gasteiger partial charge in [0, 0.05) is 33.6 Å². The van der Waals surface area contributed by atoms with E-state index in [1.807, 2.05) is 51.1 Å². The highest BCUT2D eigenvalue weighted by atomic mass is 35.5. The first-order chi connectivity index (χ1) is 21.2. The van der Waals surface area contributed by atoms with E-state index in [-0.39, 0.29) is 23.5 Å². The SMILES string of the molecule is CC(C)(C)NC(=O)[C@H](Cc1ccccc1)N(Cc1ccc(Cl)cc1Cl)C(=O)CN(c1ccc(Cl)cc1)S(=O)(=O)c1ccccc1. The molecule has 1 N–H and O–H groups in total. The molecular formula is C34H34Cl3N3O4S. The van der Waals surface area contributed by atoms with Gasteiger partial charge in [0.15, 0.2) is 0 Å². The number of hydrogen-bond acceptors (Lipinski definition) is 4. The van der Waals surface area contributed by atoms with Crippen LogP contribution in [0.3, 0.4) is 0 Å². The third kappa shape index (κ3) is 9.23. The van der Waals surface area contributed by atoms with Crippen molar-refractivity contribution < 1.29 is 18.0 Å². The van der Waals surface area contributed by atoms with Crippen LogP contribution < -0.4 is 9.62 Å². The predicted molar refractivity (Wildman–Crippen MR) is 181 cm³/mol. The van der Waals surface area contributed by atoms with Gasteiger partial charge in [-0.15, -0.1) is 0 Å². The Bertz CT molecular complexity index is 1730. The molecular weight excluding hydrogens is 653 g/mol. The minimum atomic E-state index is -4.22. The molecule has 0 aromatic heterocycles. The van der Waals surface area contributed by atoms with E-state index in [0.29, 0.717) is 20.6 Å². The zero-order valence-corrected chi connectivity index (χ0v) is 28.2. The molecule has 2 amide bonds. The Labute approximate surface area is 279 Å². The number of nitrogens with one attached hydrogen (secondary N) is 1. The lowest BCUT2D eigenvalue weighted by atomic mass is 10.0. The molecule has 4 aromatic rings. The number of benzene rings is 4. The van der Waals surface area contributed by atoms with Gasteiger partial charge in [-0.05, 0) is 80.4 Å². The van der Waals surface area contributed by atoms with Crippen molar-refractivity contribution in [2.24, 2.45) is 0 Å². The summed E-state index contributed by atoms with van der Waals surface area (Å²) in [5.41, 5.74) is 0.989. The normalized spacial score (nSPS) is 12.3. The van der Waals surface area contributed by atoms with Gasteiger partial charge < -0.3 is 10.2 Å². The van der Waals surface area contributed by atoms with Gasteiger partial charge in [0.1, 0.15) is 12.6 Å². The zero-order valence-electron chi connectivity index (χ0n) is 25.1. The number of sulfonamides is 1.